The second-order valence-corrected chi connectivity index (χ2v) is 5.92. The predicted octanol–water partition coefficient (Wildman–Crippen LogP) is 5.39. The van der Waals surface area contributed by atoms with E-state index in [4.69, 9.17) is 11.6 Å². The molecule has 4 heteroatoms. The van der Waals surface area contributed by atoms with Gasteiger partial charge in [0.2, 0.25) is 0 Å². The van der Waals surface area contributed by atoms with E-state index in [2.05, 4.69) is 6.92 Å². The highest BCUT2D eigenvalue weighted by Crippen LogP contribution is 2.22. The number of aryl methyl sites for hydroxylation is 1. The summed E-state index contributed by atoms with van der Waals surface area (Å²) in [5.74, 6) is -0.559. The van der Waals surface area contributed by atoms with Crippen LogP contribution in [0, 0.1) is 5.82 Å². The normalized spacial score (nSPS) is 11.2. The molecule has 104 valence electrons. The van der Waals surface area contributed by atoms with Crippen LogP contribution in [0.15, 0.2) is 36.4 Å². The zero-order valence-electron chi connectivity index (χ0n) is 11.0. The number of allylic oxidation sites excluding steroid dienone is 1. The first-order chi connectivity index (χ1) is 9.61. The molecule has 1 nitrogen and oxygen atoms in total. The smallest absolute Gasteiger partial charge is 0.195 e. The van der Waals surface area contributed by atoms with Crippen LogP contribution in [0.3, 0.4) is 0 Å². The summed E-state index contributed by atoms with van der Waals surface area (Å²) in [6.45, 7) is 2.10. The lowest BCUT2D eigenvalue weighted by atomic mass is 10.1. The fraction of sp³-hybridized carbons (Fsp3) is 0.188. The molecule has 0 aliphatic heterocycles. The van der Waals surface area contributed by atoms with E-state index in [1.807, 2.05) is 12.1 Å². The SMILES string of the molecule is CCCc1ccc(C(=O)/C=C/c2c(F)cccc2Cl)s1. The summed E-state index contributed by atoms with van der Waals surface area (Å²) >= 11 is 7.39. The molecule has 1 aromatic heterocycles. The van der Waals surface area contributed by atoms with Gasteiger partial charge in [0.05, 0.1) is 9.90 Å². The fourth-order valence-electron chi connectivity index (χ4n) is 1.80. The second kappa shape index (κ2) is 6.82. The standard InChI is InChI=1S/C16H14ClFOS/c1-2-4-11-7-10-16(20-11)15(19)9-8-12-13(17)5-3-6-14(12)18/h3,5-10H,2,4H2,1H3/b9-8+. The number of thiophene rings is 1. The van der Waals surface area contributed by atoms with E-state index in [1.54, 1.807) is 6.07 Å². The van der Waals surface area contributed by atoms with E-state index in [0.29, 0.717) is 9.90 Å². The Morgan fingerprint density at radius 2 is 2.15 bits per heavy atom. The summed E-state index contributed by atoms with van der Waals surface area (Å²) in [7, 11) is 0. The summed E-state index contributed by atoms with van der Waals surface area (Å²) < 4.78 is 13.6. The van der Waals surface area contributed by atoms with Crippen molar-refractivity contribution in [3.63, 3.8) is 0 Å². The van der Waals surface area contributed by atoms with Gasteiger partial charge < -0.3 is 0 Å². The highest BCUT2D eigenvalue weighted by molar-refractivity contribution is 7.14. The Morgan fingerprint density at radius 3 is 2.85 bits per heavy atom. The maximum absolute atomic E-state index is 13.6. The summed E-state index contributed by atoms with van der Waals surface area (Å²) in [5, 5.41) is 0.298. The van der Waals surface area contributed by atoms with Gasteiger partial charge in [0.15, 0.2) is 5.78 Å². The van der Waals surface area contributed by atoms with Gasteiger partial charge in [-0.25, -0.2) is 4.39 Å². The van der Waals surface area contributed by atoms with Gasteiger partial charge in [-0.3, -0.25) is 4.79 Å². The van der Waals surface area contributed by atoms with Crippen LogP contribution in [-0.2, 0) is 6.42 Å². The third-order valence-electron chi connectivity index (χ3n) is 2.80. The molecule has 0 saturated heterocycles. The van der Waals surface area contributed by atoms with E-state index in [9.17, 15) is 9.18 Å². The number of benzene rings is 1. The minimum atomic E-state index is -0.431. The summed E-state index contributed by atoms with van der Waals surface area (Å²) in [4.78, 5) is 13.9. The maximum Gasteiger partial charge on any atom is 0.195 e. The second-order valence-electron chi connectivity index (χ2n) is 4.35. The van der Waals surface area contributed by atoms with Crippen LogP contribution in [0.2, 0.25) is 5.02 Å². The van der Waals surface area contributed by atoms with Crippen LogP contribution in [0.25, 0.3) is 6.08 Å². The van der Waals surface area contributed by atoms with Gasteiger partial charge in [0.1, 0.15) is 5.82 Å². The van der Waals surface area contributed by atoms with Crippen LogP contribution >= 0.6 is 22.9 Å². The van der Waals surface area contributed by atoms with E-state index < -0.39 is 5.82 Å². The maximum atomic E-state index is 13.6. The van der Waals surface area contributed by atoms with Crippen molar-refractivity contribution in [3.05, 3.63) is 62.6 Å². The first kappa shape index (κ1) is 14.9. The van der Waals surface area contributed by atoms with E-state index >= 15 is 0 Å². The zero-order chi connectivity index (χ0) is 14.5. The van der Waals surface area contributed by atoms with Gasteiger partial charge in [0.25, 0.3) is 0 Å². The average molecular weight is 309 g/mol. The van der Waals surface area contributed by atoms with Crippen LogP contribution in [0.1, 0.15) is 33.5 Å². The van der Waals surface area contributed by atoms with Gasteiger partial charge in [0, 0.05) is 10.4 Å². The molecule has 0 radical (unpaired) electrons. The molecular weight excluding hydrogens is 295 g/mol. The number of rotatable bonds is 5. The lowest BCUT2D eigenvalue weighted by Gasteiger charge is -1.99. The molecule has 0 bridgehead atoms. The Morgan fingerprint density at radius 1 is 1.35 bits per heavy atom. The Labute approximate surface area is 126 Å². The van der Waals surface area contributed by atoms with Crippen molar-refractivity contribution in [2.45, 2.75) is 19.8 Å². The largest absolute Gasteiger partial charge is 0.288 e. The van der Waals surface area contributed by atoms with Crippen molar-refractivity contribution in [2.75, 3.05) is 0 Å². The summed E-state index contributed by atoms with van der Waals surface area (Å²) in [6, 6.07) is 8.23. The Hall–Kier alpha value is -1.45. The van der Waals surface area contributed by atoms with Gasteiger partial charge in [-0.2, -0.15) is 0 Å². The molecule has 0 saturated carbocycles. The van der Waals surface area contributed by atoms with Crippen LogP contribution in [0.5, 0.6) is 0 Å². The van der Waals surface area contributed by atoms with Crippen LogP contribution < -0.4 is 0 Å². The first-order valence-electron chi connectivity index (χ1n) is 6.37. The third-order valence-corrected chi connectivity index (χ3v) is 4.29. The molecule has 0 N–H and O–H groups in total. The van der Waals surface area contributed by atoms with Crippen molar-refractivity contribution >= 4 is 34.8 Å². The topological polar surface area (TPSA) is 17.1 Å². The molecule has 1 heterocycles. The highest BCUT2D eigenvalue weighted by atomic mass is 35.5. The fourth-order valence-corrected chi connectivity index (χ4v) is 3.06. The average Bonchev–Trinajstić information content (AvgIpc) is 2.87. The molecule has 0 spiro atoms. The van der Waals surface area contributed by atoms with E-state index in [-0.39, 0.29) is 11.3 Å². The zero-order valence-corrected chi connectivity index (χ0v) is 12.6. The Kier molecular flexibility index (Phi) is 5.10. The molecule has 0 unspecified atom stereocenters. The quantitative estimate of drug-likeness (QED) is 0.534. The van der Waals surface area contributed by atoms with Crippen molar-refractivity contribution in [3.8, 4) is 0 Å². The molecule has 20 heavy (non-hydrogen) atoms. The molecule has 1 aromatic carbocycles. The van der Waals surface area contributed by atoms with Crippen molar-refractivity contribution in [1.82, 2.24) is 0 Å². The highest BCUT2D eigenvalue weighted by Gasteiger charge is 2.08. The lowest BCUT2D eigenvalue weighted by molar-refractivity contribution is 0.105. The molecule has 0 atom stereocenters. The Bertz CT molecular complexity index is 625. The molecule has 0 fully saturated rings. The molecule has 2 rings (SSSR count). The van der Waals surface area contributed by atoms with Crippen molar-refractivity contribution < 1.29 is 9.18 Å². The number of hydrogen-bond donors (Lipinski definition) is 0. The monoisotopic (exact) mass is 308 g/mol. The van der Waals surface area contributed by atoms with E-state index in [0.717, 1.165) is 12.8 Å². The number of carbonyl (C=O) groups is 1. The summed E-state index contributed by atoms with van der Waals surface area (Å²) in [6.07, 6.45) is 4.82. The lowest BCUT2D eigenvalue weighted by Crippen LogP contribution is -1.90. The minimum Gasteiger partial charge on any atom is -0.288 e. The number of carbonyl (C=O) groups excluding carboxylic acids is 1. The predicted molar refractivity (Wildman–Crippen MR) is 83.1 cm³/mol. The Balaban J connectivity index is 2.16. The van der Waals surface area contributed by atoms with Crippen LogP contribution in [-0.4, -0.2) is 5.78 Å². The third kappa shape index (κ3) is 3.56. The van der Waals surface area contributed by atoms with E-state index in [1.165, 1.54) is 40.5 Å². The molecule has 2 aromatic rings. The molecular formula is C16H14ClFOS. The number of hydrogen-bond acceptors (Lipinski definition) is 2. The summed E-state index contributed by atoms with van der Waals surface area (Å²) in [5.41, 5.74) is 0.243. The van der Waals surface area contributed by atoms with Gasteiger partial charge >= 0.3 is 0 Å². The van der Waals surface area contributed by atoms with Crippen molar-refractivity contribution in [1.29, 1.82) is 0 Å². The van der Waals surface area contributed by atoms with Gasteiger partial charge in [-0.05, 0) is 42.8 Å². The minimum absolute atomic E-state index is 0.128. The van der Waals surface area contributed by atoms with Crippen molar-refractivity contribution in [2.24, 2.45) is 0 Å². The molecule has 0 aliphatic carbocycles. The number of halogens is 2. The number of ketones is 1. The van der Waals surface area contributed by atoms with Crippen LogP contribution in [0.4, 0.5) is 4.39 Å². The molecule has 0 amide bonds. The van der Waals surface area contributed by atoms with Gasteiger partial charge in [-0.15, -0.1) is 11.3 Å². The molecule has 0 aliphatic rings. The first-order valence-corrected chi connectivity index (χ1v) is 7.56. The van der Waals surface area contributed by atoms with Gasteiger partial charge in [-0.1, -0.05) is 31.0 Å².